The second kappa shape index (κ2) is 18.2. The number of Topliss-reactive ketones (excluding diaryl/α,β-unsaturated/α-hetero) is 3. The van der Waals surface area contributed by atoms with E-state index in [1.165, 1.54) is 0 Å². The van der Waals surface area contributed by atoms with Crippen LogP contribution < -0.4 is 28.3 Å². The molecule has 0 spiro atoms. The summed E-state index contributed by atoms with van der Waals surface area (Å²) in [6.07, 6.45) is -7.61. The highest BCUT2D eigenvalue weighted by Crippen LogP contribution is 2.47. The van der Waals surface area contributed by atoms with Crippen LogP contribution in [0.5, 0.6) is 0 Å². The first-order valence-electron chi connectivity index (χ1n) is 15.9. The van der Waals surface area contributed by atoms with Crippen LogP contribution >= 0.6 is 0 Å². The predicted molar refractivity (Wildman–Crippen MR) is 170 cm³/mol. The molecular weight excluding hydrogens is 668 g/mol. The van der Waals surface area contributed by atoms with Crippen LogP contribution in [0.1, 0.15) is 72.1 Å². The lowest BCUT2D eigenvalue weighted by molar-refractivity contribution is -0.190. The van der Waals surface area contributed by atoms with Gasteiger partial charge in [-0.2, -0.15) is 0 Å². The molecule has 1 heterocycles. The molecule has 1 saturated heterocycles. The van der Waals surface area contributed by atoms with Crippen LogP contribution in [0.3, 0.4) is 0 Å². The Morgan fingerprint density at radius 1 is 0.760 bits per heavy atom. The van der Waals surface area contributed by atoms with Crippen LogP contribution in [0.15, 0.2) is 0 Å². The van der Waals surface area contributed by atoms with E-state index in [0.29, 0.717) is 0 Å². The topological polar surface area (TPSA) is 374 Å². The van der Waals surface area contributed by atoms with E-state index in [9.17, 15) is 68.7 Å². The smallest absolute Gasteiger partial charge is 0.339 e. The van der Waals surface area contributed by atoms with E-state index in [0.717, 1.165) is 6.92 Å². The Labute approximate surface area is 286 Å². The fourth-order valence-corrected chi connectivity index (χ4v) is 6.08. The molecule has 0 aliphatic carbocycles. The lowest BCUT2D eigenvalue weighted by Crippen LogP contribution is -2.82. The van der Waals surface area contributed by atoms with Crippen LogP contribution in [0.2, 0.25) is 0 Å². The molecule has 282 valence electrons. The van der Waals surface area contributed by atoms with Gasteiger partial charge in [0.25, 0.3) is 0 Å². The molecule has 14 N–H and O–H groups in total. The SMILES string of the molecule is CC(C)CC(N)C(=O)C(CC(=O)O)(C(=O)C1CCCN1)C(C(=O)O)(C(=O)C(N)CCC(=O)O)N(C(=O)C(N)CCC(=O)O)C(=O)C(N)C(C)O. The van der Waals surface area contributed by atoms with Crippen molar-refractivity contribution < 1.29 is 68.7 Å². The van der Waals surface area contributed by atoms with Gasteiger partial charge < -0.3 is 53.8 Å². The fraction of sp³-hybridized carbons (Fsp3) is 0.700. The fourth-order valence-electron chi connectivity index (χ4n) is 6.08. The highest BCUT2D eigenvalue weighted by atomic mass is 16.4. The van der Waals surface area contributed by atoms with E-state index in [-0.39, 0.29) is 25.8 Å². The van der Waals surface area contributed by atoms with Gasteiger partial charge in [-0.25, -0.2) is 4.79 Å². The molecule has 8 atom stereocenters. The summed E-state index contributed by atoms with van der Waals surface area (Å²) >= 11 is 0. The minimum Gasteiger partial charge on any atom is -0.481 e. The molecule has 0 aromatic carbocycles. The lowest BCUT2D eigenvalue weighted by Gasteiger charge is -2.51. The zero-order valence-corrected chi connectivity index (χ0v) is 28.1. The molecule has 1 fully saturated rings. The molecule has 50 heavy (non-hydrogen) atoms. The van der Waals surface area contributed by atoms with Crippen molar-refractivity contribution in [1.82, 2.24) is 10.2 Å². The molecule has 20 heteroatoms. The Kier molecular flexibility index (Phi) is 15.9. The number of imide groups is 1. The Bertz CT molecular complexity index is 1350. The van der Waals surface area contributed by atoms with E-state index in [1.807, 2.05) is 0 Å². The number of nitrogens with one attached hydrogen (secondary N) is 1. The van der Waals surface area contributed by atoms with Crippen LogP contribution in [-0.4, -0.2) is 132 Å². The number of carboxylic acids is 4. The summed E-state index contributed by atoms with van der Waals surface area (Å²) in [5.74, 6) is -17.4. The maximum absolute atomic E-state index is 14.8. The Balaban J connectivity index is 4.77. The number of amides is 2. The number of carboxylic acid groups (broad SMARTS) is 4. The largest absolute Gasteiger partial charge is 0.481 e. The Morgan fingerprint density at radius 3 is 1.68 bits per heavy atom. The van der Waals surface area contributed by atoms with Gasteiger partial charge in [-0.15, -0.1) is 0 Å². The third kappa shape index (κ3) is 9.31. The van der Waals surface area contributed by atoms with Gasteiger partial charge in [0.1, 0.15) is 11.5 Å². The number of rotatable bonds is 22. The standard InChI is InChI=1S/C30H48N6O14/c1-13(2)11-17(33)23(44)29(12-21(42)43,25(46)18-5-4-10-35-18)30(28(49)50,24(45)15(31)6-8-19(38)39)36(27(48)22(34)14(3)37)26(47)16(32)7-9-20(40)41/h13-18,22,35,37H,4-12,31-34H2,1-3H3,(H,38,39)(H,40,41)(H,42,43)(H,49,50). The summed E-state index contributed by atoms with van der Waals surface area (Å²) < 4.78 is 0. The Hall–Kier alpha value is -4.21. The molecule has 2 amide bonds. The highest BCUT2D eigenvalue weighted by molar-refractivity contribution is 6.29. The maximum Gasteiger partial charge on any atom is 0.339 e. The van der Waals surface area contributed by atoms with Crippen LogP contribution in [0, 0.1) is 11.3 Å². The van der Waals surface area contributed by atoms with Gasteiger partial charge in [-0.05, 0) is 51.5 Å². The summed E-state index contributed by atoms with van der Waals surface area (Å²) in [6, 6.07) is -10.3. The Morgan fingerprint density at radius 2 is 1.28 bits per heavy atom. The maximum atomic E-state index is 14.8. The molecule has 0 aromatic heterocycles. The summed E-state index contributed by atoms with van der Waals surface area (Å²) in [7, 11) is 0. The third-order valence-electron chi connectivity index (χ3n) is 8.55. The summed E-state index contributed by atoms with van der Waals surface area (Å²) in [5.41, 5.74) is 16.0. The molecule has 0 radical (unpaired) electrons. The normalized spacial score (nSPS) is 19.9. The zero-order valence-electron chi connectivity index (χ0n) is 28.1. The third-order valence-corrected chi connectivity index (χ3v) is 8.55. The first-order chi connectivity index (χ1) is 23.0. The minimum absolute atomic E-state index is 0.0898. The average molecular weight is 717 g/mol. The van der Waals surface area contributed by atoms with Gasteiger partial charge in [-0.1, -0.05) is 13.8 Å². The molecule has 20 nitrogen and oxygen atoms in total. The minimum atomic E-state index is -4.29. The number of hydrogen-bond acceptors (Lipinski definition) is 15. The lowest BCUT2D eigenvalue weighted by atomic mass is 9.55. The van der Waals surface area contributed by atoms with Crippen molar-refractivity contribution in [3.8, 4) is 0 Å². The molecule has 0 bridgehead atoms. The molecular formula is C30H48N6O14. The molecule has 1 rings (SSSR count). The van der Waals surface area contributed by atoms with Gasteiger partial charge in [0.05, 0.1) is 36.7 Å². The van der Waals surface area contributed by atoms with E-state index < -0.39 is 143 Å². The summed E-state index contributed by atoms with van der Waals surface area (Å²) in [4.78, 5) is 122. The number of aliphatic hydroxyl groups is 1. The second-order valence-electron chi connectivity index (χ2n) is 12.8. The molecule has 1 aliphatic heterocycles. The molecule has 8 unspecified atom stereocenters. The first-order valence-corrected chi connectivity index (χ1v) is 15.9. The first kappa shape index (κ1) is 43.8. The van der Waals surface area contributed by atoms with Crippen molar-refractivity contribution in [2.75, 3.05) is 6.54 Å². The van der Waals surface area contributed by atoms with Crippen LogP contribution in [0.4, 0.5) is 0 Å². The van der Waals surface area contributed by atoms with E-state index in [4.69, 9.17) is 22.9 Å². The van der Waals surface area contributed by atoms with Crippen molar-refractivity contribution in [3.05, 3.63) is 0 Å². The number of ketones is 3. The number of hydrogen-bond donors (Lipinski definition) is 10. The number of aliphatic carboxylic acids is 4. The van der Waals surface area contributed by atoms with E-state index >= 15 is 0 Å². The van der Waals surface area contributed by atoms with Gasteiger partial charge in [-0.3, -0.25) is 43.3 Å². The van der Waals surface area contributed by atoms with Crippen LogP contribution in [0.25, 0.3) is 0 Å². The van der Waals surface area contributed by atoms with Crippen LogP contribution in [-0.2, 0) is 43.2 Å². The van der Waals surface area contributed by atoms with E-state index in [1.54, 1.807) is 13.8 Å². The number of nitrogens with zero attached hydrogens (tertiary/aromatic N) is 1. The molecule has 0 aromatic rings. The van der Waals surface area contributed by atoms with Crippen molar-refractivity contribution in [1.29, 1.82) is 0 Å². The van der Waals surface area contributed by atoms with Crippen molar-refractivity contribution in [3.63, 3.8) is 0 Å². The second-order valence-corrected chi connectivity index (χ2v) is 12.8. The van der Waals surface area contributed by atoms with Crippen molar-refractivity contribution >= 4 is 53.0 Å². The average Bonchev–Trinajstić information content (AvgIpc) is 3.56. The van der Waals surface area contributed by atoms with E-state index in [2.05, 4.69) is 5.32 Å². The number of nitrogens with two attached hydrogens (primary N) is 4. The van der Waals surface area contributed by atoms with Gasteiger partial charge in [0.2, 0.25) is 17.4 Å². The summed E-state index contributed by atoms with van der Waals surface area (Å²) in [6.45, 7) is 4.13. The van der Waals surface area contributed by atoms with Gasteiger partial charge in [0.15, 0.2) is 17.3 Å². The number of aliphatic hydroxyl groups excluding tert-OH is 1. The monoisotopic (exact) mass is 716 g/mol. The number of carbonyl (C=O) groups excluding carboxylic acids is 5. The van der Waals surface area contributed by atoms with Gasteiger partial charge >= 0.3 is 23.9 Å². The van der Waals surface area contributed by atoms with Crippen molar-refractivity contribution in [2.24, 2.45) is 34.3 Å². The predicted octanol–water partition coefficient (Wildman–Crippen LogP) is -3.45. The quantitative estimate of drug-likeness (QED) is 0.0487. The molecule has 1 aliphatic rings. The van der Waals surface area contributed by atoms with Gasteiger partial charge in [0, 0.05) is 12.8 Å². The molecule has 0 saturated carbocycles. The highest BCUT2D eigenvalue weighted by Gasteiger charge is 2.76. The number of carbonyl (C=O) groups is 9. The zero-order chi connectivity index (χ0) is 38.9. The summed E-state index contributed by atoms with van der Waals surface area (Å²) in [5, 5.41) is 53.0. The van der Waals surface area contributed by atoms with Crippen molar-refractivity contribution in [2.45, 2.75) is 114 Å².